The fraction of sp³-hybridized carbons (Fsp3) is 0.529. The first-order valence-corrected chi connectivity index (χ1v) is 7.64. The monoisotopic (exact) mass is 286 g/mol. The van der Waals surface area contributed by atoms with Crippen LogP contribution in [0.15, 0.2) is 24.5 Å². The standard InChI is InChI=1S/C17H26N4/c1-6-7-15-19-8-9-21(15)16-11-13(12-18-5)10-14(20-16)17(2,3)4/h8-11,18H,6-7,12H2,1-5H3. The molecule has 1 N–H and O–H groups in total. The highest BCUT2D eigenvalue weighted by Gasteiger charge is 2.18. The summed E-state index contributed by atoms with van der Waals surface area (Å²) in [5, 5.41) is 3.22. The van der Waals surface area contributed by atoms with E-state index < -0.39 is 0 Å². The predicted molar refractivity (Wildman–Crippen MR) is 86.8 cm³/mol. The summed E-state index contributed by atoms with van der Waals surface area (Å²) in [5.74, 6) is 2.04. The van der Waals surface area contributed by atoms with E-state index in [4.69, 9.17) is 4.98 Å². The molecule has 4 nitrogen and oxygen atoms in total. The normalized spacial score (nSPS) is 11.9. The van der Waals surface area contributed by atoms with E-state index in [1.165, 1.54) is 5.56 Å². The van der Waals surface area contributed by atoms with Crippen molar-refractivity contribution >= 4 is 0 Å². The molecule has 0 saturated carbocycles. The van der Waals surface area contributed by atoms with E-state index >= 15 is 0 Å². The highest BCUT2D eigenvalue weighted by atomic mass is 15.1. The van der Waals surface area contributed by atoms with E-state index in [0.717, 1.165) is 36.7 Å². The van der Waals surface area contributed by atoms with E-state index in [0.29, 0.717) is 0 Å². The molecule has 0 aliphatic carbocycles. The van der Waals surface area contributed by atoms with E-state index in [-0.39, 0.29) is 5.41 Å². The van der Waals surface area contributed by atoms with E-state index in [2.05, 4.69) is 54.7 Å². The maximum atomic E-state index is 4.87. The Morgan fingerprint density at radius 3 is 2.62 bits per heavy atom. The van der Waals surface area contributed by atoms with Crippen molar-refractivity contribution in [1.82, 2.24) is 19.9 Å². The smallest absolute Gasteiger partial charge is 0.138 e. The lowest BCUT2D eigenvalue weighted by Crippen LogP contribution is -2.17. The van der Waals surface area contributed by atoms with Crippen LogP contribution < -0.4 is 5.32 Å². The minimum absolute atomic E-state index is 0.0317. The quantitative estimate of drug-likeness (QED) is 0.917. The van der Waals surface area contributed by atoms with Crippen LogP contribution >= 0.6 is 0 Å². The summed E-state index contributed by atoms with van der Waals surface area (Å²) >= 11 is 0. The molecule has 0 atom stereocenters. The lowest BCUT2D eigenvalue weighted by atomic mass is 9.90. The Morgan fingerprint density at radius 1 is 1.24 bits per heavy atom. The van der Waals surface area contributed by atoms with Crippen LogP contribution in [0.5, 0.6) is 0 Å². The van der Waals surface area contributed by atoms with Crippen LogP contribution in [0.25, 0.3) is 5.82 Å². The topological polar surface area (TPSA) is 42.7 Å². The van der Waals surface area contributed by atoms with Crippen molar-refractivity contribution in [3.05, 3.63) is 41.6 Å². The Balaban J connectivity index is 2.51. The molecular weight excluding hydrogens is 260 g/mol. The minimum Gasteiger partial charge on any atom is -0.316 e. The molecule has 0 spiro atoms. The van der Waals surface area contributed by atoms with Gasteiger partial charge in [0, 0.05) is 36.5 Å². The number of hydrogen-bond acceptors (Lipinski definition) is 3. The third kappa shape index (κ3) is 3.70. The van der Waals surface area contributed by atoms with Gasteiger partial charge >= 0.3 is 0 Å². The molecule has 0 unspecified atom stereocenters. The predicted octanol–water partition coefficient (Wildman–Crippen LogP) is 3.24. The van der Waals surface area contributed by atoms with E-state index in [1.54, 1.807) is 0 Å². The molecular formula is C17H26N4. The van der Waals surface area contributed by atoms with Crippen LogP contribution in [0.3, 0.4) is 0 Å². The SMILES string of the molecule is CCCc1nccn1-c1cc(CNC)cc(C(C)(C)C)n1. The third-order valence-electron chi connectivity index (χ3n) is 3.46. The molecule has 21 heavy (non-hydrogen) atoms. The number of nitrogens with one attached hydrogen (secondary N) is 1. The summed E-state index contributed by atoms with van der Waals surface area (Å²) in [6, 6.07) is 4.34. The first-order valence-electron chi connectivity index (χ1n) is 7.64. The fourth-order valence-electron chi connectivity index (χ4n) is 2.34. The van der Waals surface area contributed by atoms with Gasteiger partial charge in [-0.15, -0.1) is 0 Å². The summed E-state index contributed by atoms with van der Waals surface area (Å²) in [4.78, 5) is 9.32. The van der Waals surface area contributed by atoms with Gasteiger partial charge in [0.2, 0.25) is 0 Å². The molecule has 0 aliphatic heterocycles. The molecule has 0 bridgehead atoms. The minimum atomic E-state index is 0.0317. The average molecular weight is 286 g/mol. The zero-order chi connectivity index (χ0) is 15.5. The van der Waals surface area contributed by atoms with Crippen molar-refractivity contribution in [2.45, 2.75) is 52.5 Å². The lowest BCUT2D eigenvalue weighted by Gasteiger charge is -2.20. The zero-order valence-corrected chi connectivity index (χ0v) is 13.8. The van der Waals surface area contributed by atoms with E-state index in [1.807, 2.05) is 19.4 Å². The Hall–Kier alpha value is -1.68. The zero-order valence-electron chi connectivity index (χ0n) is 13.8. The first kappa shape index (κ1) is 15.7. The van der Waals surface area contributed by atoms with Crippen LogP contribution in [0.4, 0.5) is 0 Å². The second-order valence-corrected chi connectivity index (χ2v) is 6.46. The van der Waals surface area contributed by atoms with Gasteiger partial charge in [0.05, 0.1) is 0 Å². The van der Waals surface area contributed by atoms with Gasteiger partial charge in [0.25, 0.3) is 0 Å². The summed E-state index contributed by atoms with van der Waals surface area (Å²) in [7, 11) is 1.97. The van der Waals surface area contributed by atoms with Crippen molar-refractivity contribution in [2.24, 2.45) is 0 Å². The highest BCUT2D eigenvalue weighted by molar-refractivity contribution is 5.34. The van der Waals surface area contributed by atoms with Gasteiger partial charge in [0.1, 0.15) is 11.6 Å². The molecule has 2 heterocycles. The Kier molecular flexibility index (Phi) is 4.78. The summed E-state index contributed by atoms with van der Waals surface area (Å²) < 4.78 is 2.11. The van der Waals surface area contributed by atoms with Crippen molar-refractivity contribution in [2.75, 3.05) is 7.05 Å². The largest absolute Gasteiger partial charge is 0.316 e. The van der Waals surface area contributed by atoms with Gasteiger partial charge in [-0.2, -0.15) is 0 Å². The molecule has 2 aromatic rings. The molecule has 0 amide bonds. The summed E-state index contributed by atoms with van der Waals surface area (Å²) in [5.41, 5.74) is 2.40. The second kappa shape index (κ2) is 6.39. The van der Waals surface area contributed by atoms with Gasteiger partial charge < -0.3 is 5.32 Å². The molecule has 0 aromatic carbocycles. The van der Waals surface area contributed by atoms with Crippen molar-refractivity contribution in [3.8, 4) is 5.82 Å². The van der Waals surface area contributed by atoms with Gasteiger partial charge in [-0.1, -0.05) is 27.7 Å². The van der Waals surface area contributed by atoms with Crippen molar-refractivity contribution in [3.63, 3.8) is 0 Å². The fourth-order valence-corrected chi connectivity index (χ4v) is 2.34. The molecule has 4 heteroatoms. The number of nitrogens with zero attached hydrogens (tertiary/aromatic N) is 3. The molecule has 114 valence electrons. The van der Waals surface area contributed by atoms with Crippen LogP contribution in [0, 0.1) is 0 Å². The number of aromatic nitrogens is 3. The maximum Gasteiger partial charge on any atom is 0.138 e. The molecule has 0 radical (unpaired) electrons. The van der Waals surface area contributed by atoms with Gasteiger partial charge in [0.15, 0.2) is 0 Å². The van der Waals surface area contributed by atoms with Gasteiger partial charge in [-0.3, -0.25) is 4.57 Å². The number of aryl methyl sites for hydroxylation is 1. The van der Waals surface area contributed by atoms with Crippen LogP contribution in [-0.4, -0.2) is 21.6 Å². The highest BCUT2D eigenvalue weighted by Crippen LogP contribution is 2.23. The number of pyridine rings is 1. The summed E-state index contributed by atoms with van der Waals surface area (Å²) in [6.45, 7) is 9.61. The molecule has 0 fully saturated rings. The third-order valence-corrected chi connectivity index (χ3v) is 3.46. The average Bonchev–Trinajstić information content (AvgIpc) is 2.86. The van der Waals surface area contributed by atoms with Crippen molar-refractivity contribution < 1.29 is 0 Å². The summed E-state index contributed by atoms with van der Waals surface area (Å²) in [6.07, 6.45) is 5.91. The Bertz CT molecular complexity index is 593. The van der Waals surface area contributed by atoms with Gasteiger partial charge in [-0.25, -0.2) is 9.97 Å². The van der Waals surface area contributed by atoms with Crippen molar-refractivity contribution in [1.29, 1.82) is 0 Å². The second-order valence-electron chi connectivity index (χ2n) is 6.46. The van der Waals surface area contributed by atoms with Crippen LogP contribution in [0.2, 0.25) is 0 Å². The Morgan fingerprint density at radius 2 is 2.00 bits per heavy atom. The molecule has 2 aromatic heterocycles. The number of hydrogen-bond donors (Lipinski definition) is 1. The maximum absolute atomic E-state index is 4.87. The van der Waals surface area contributed by atoms with Crippen LogP contribution in [-0.2, 0) is 18.4 Å². The molecule has 0 aliphatic rings. The number of rotatable bonds is 5. The Labute approximate surface area is 127 Å². The van der Waals surface area contributed by atoms with Gasteiger partial charge in [-0.05, 0) is 31.2 Å². The first-order chi connectivity index (χ1) is 9.95. The van der Waals surface area contributed by atoms with E-state index in [9.17, 15) is 0 Å². The van der Waals surface area contributed by atoms with Crippen LogP contribution in [0.1, 0.15) is 51.2 Å². The molecule has 0 saturated heterocycles. The number of imidazole rings is 1. The lowest BCUT2D eigenvalue weighted by molar-refractivity contribution is 0.564. The molecule has 2 rings (SSSR count).